The molecule has 0 aromatic carbocycles. The summed E-state index contributed by atoms with van der Waals surface area (Å²) in [5, 5.41) is 26.0. The Morgan fingerprint density at radius 2 is 2.11 bits per heavy atom. The summed E-state index contributed by atoms with van der Waals surface area (Å²) in [5.74, 6) is 0. The Kier molecular flexibility index (Phi) is 1.99. The zero-order valence-corrected chi connectivity index (χ0v) is 4.69. The summed E-state index contributed by atoms with van der Waals surface area (Å²) in [5.41, 5.74) is 2.12. The average Bonchev–Trinajstić information content (AvgIpc) is 2.15. The van der Waals surface area contributed by atoms with Crippen molar-refractivity contribution in [2.45, 2.75) is 18.4 Å². The average molecular weight is 135 g/mol. The summed E-state index contributed by atoms with van der Waals surface area (Å²) in [4.78, 5) is 4.53. The molecule has 5 nitrogen and oxygen atoms in total. The van der Waals surface area contributed by atoms with Gasteiger partial charge in [0.15, 0.2) is 6.23 Å². The van der Waals surface area contributed by atoms with Crippen molar-refractivity contribution in [2.75, 3.05) is 6.61 Å². The van der Waals surface area contributed by atoms with Crippen molar-refractivity contribution in [3.63, 3.8) is 0 Å². The summed E-state index contributed by atoms with van der Waals surface area (Å²) >= 11 is 0. The predicted octanol–water partition coefficient (Wildman–Crippen LogP) is -2.44. The molecule has 0 amide bonds. The van der Waals surface area contributed by atoms with E-state index >= 15 is 0 Å². The standard InChI is InChI=1S/C4H9NO4/c6-1-2-3(7)4(8)5-9-2/h2-8H,1H2/t2-,3-,4+/m1/s1. The molecule has 9 heavy (non-hydrogen) atoms. The van der Waals surface area contributed by atoms with Gasteiger partial charge in [0.25, 0.3) is 0 Å². The molecule has 0 aromatic heterocycles. The lowest BCUT2D eigenvalue weighted by Gasteiger charge is -2.07. The van der Waals surface area contributed by atoms with E-state index in [0.717, 1.165) is 0 Å². The number of nitrogens with one attached hydrogen (secondary N) is 1. The first kappa shape index (κ1) is 6.91. The van der Waals surface area contributed by atoms with Gasteiger partial charge >= 0.3 is 0 Å². The highest BCUT2D eigenvalue weighted by Crippen LogP contribution is 2.07. The Bertz CT molecular complexity index is 98.6. The predicted molar refractivity (Wildman–Crippen MR) is 27.1 cm³/mol. The van der Waals surface area contributed by atoms with Crippen molar-refractivity contribution in [3.8, 4) is 0 Å². The Hall–Kier alpha value is -0.200. The van der Waals surface area contributed by atoms with E-state index in [1.807, 2.05) is 0 Å². The second-order valence-corrected chi connectivity index (χ2v) is 1.89. The highest BCUT2D eigenvalue weighted by atomic mass is 16.7. The molecule has 1 aliphatic heterocycles. The summed E-state index contributed by atoms with van der Waals surface area (Å²) < 4.78 is 0. The van der Waals surface area contributed by atoms with Crippen LogP contribution in [0.25, 0.3) is 0 Å². The SMILES string of the molecule is OC[C@H]1ON[C@@H](O)[C@@H]1O. The Labute approximate surface area is 51.8 Å². The minimum Gasteiger partial charge on any atom is -0.393 e. The van der Waals surface area contributed by atoms with E-state index in [2.05, 4.69) is 10.3 Å². The third-order valence-electron chi connectivity index (χ3n) is 1.22. The van der Waals surface area contributed by atoms with Gasteiger partial charge in [0.05, 0.1) is 6.61 Å². The van der Waals surface area contributed by atoms with Crippen LogP contribution in [0.4, 0.5) is 0 Å². The van der Waals surface area contributed by atoms with Crippen LogP contribution in [0.15, 0.2) is 0 Å². The molecule has 0 saturated carbocycles. The summed E-state index contributed by atoms with van der Waals surface area (Å²) in [6.45, 7) is -0.300. The van der Waals surface area contributed by atoms with E-state index in [9.17, 15) is 0 Å². The summed E-state index contributed by atoms with van der Waals surface area (Å²) in [7, 11) is 0. The molecule has 0 radical (unpaired) electrons. The quantitative estimate of drug-likeness (QED) is 0.321. The van der Waals surface area contributed by atoms with E-state index in [4.69, 9.17) is 15.3 Å². The van der Waals surface area contributed by atoms with Crippen molar-refractivity contribution in [2.24, 2.45) is 0 Å². The molecule has 1 saturated heterocycles. The van der Waals surface area contributed by atoms with Crippen LogP contribution in [0.1, 0.15) is 0 Å². The third kappa shape index (κ3) is 1.20. The molecule has 1 heterocycles. The first-order valence-corrected chi connectivity index (χ1v) is 2.64. The maximum atomic E-state index is 8.86. The van der Waals surface area contributed by atoms with Gasteiger partial charge in [-0.05, 0) is 0 Å². The maximum absolute atomic E-state index is 8.86. The van der Waals surface area contributed by atoms with Gasteiger partial charge in [-0.15, -0.1) is 0 Å². The first-order valence-electron chi connectivity index (χ1n) is 2.64. The van der Waals surface area contributed by atoms with Crippen molar-refractivity contribution in [1.29, 1.82) is 0 Å². The molecule has 1 rings (SSSR count). The lowest BCUT2D eigenvalue weighted by atomic mass is 10.2. The van der Waals surface area contributed by atoms with Crippen molar-refractivity contribution in [1.82, 2.24) is 5.48 Å². The molecular weight excluding hydrogens is 126 g/mol. The van der Waals surface area contributed by atoms with Gasteiger partial charge in [-0.2, -0.15) is 5.48 Å². The topological polar surface area (TPSA) is 82.0 Å². The van der Waals surface area contributed by atoms with Gasteiger partial charge in [0.1, 0.15) is 12.2 Å². The molecule has 1 fully saturated rings. The maximum Gasteiger partial charge on any atom is 0.155 e. The molecule has 3 atom stereocenters. The molecule has 4 N–H and O–H groups in total. The van der Waals surface area contributed by atoms with Crippen molar-refractivity contribution >= 4 is 0 Å². The number of hydrogen-bond donors (Lipinski definition) is 4. The molecule has 1 aliphatic rings. The Balaban J connectivity index is 2.41. The summed E-state index contributed by atoms with van der Waals surface area (Å²) in [6, 6.07) is 0. The molecule has 5 heteroatoms. The normalized spacial score (nSPS) is 43.7. The highest BCUT2D eigenvalue weighted by molar-refractivity contribution is 4.76. The van der Waals surface area contributed by atoms with E-state index < -0.39 is 18.4 Å². The fourth-order valence-corrected chi connectivity index (χ4v) is 0.645. The molecule has 0 aliphatic carbocycles. The zero-order chi connectivity index (χ0) is 6.85. The molecule has 0 aromatic rings. The van der Waals surface area contributed by atoms with Crippen LogP contribution in [0.5, 0.6) is 0 Å². The van der Waals surface area contributed by atoms with Crippen LogP contribution in [0.3, 0.4) is 0 Å². The lowest BCUT2D eigenvalue weighted by molar-refractivity contribution is -0.0322. The fraction of sp³-hybridized carbons (Fsp3) is 1.00. The number of rotatable bonds is 1. The van der Waals surface area contributed by atoms with Crippen molar-refractivity contribution < 1.29 is 20.2 Å². The molecule has 0 spiro atoms. The minimum atomic E-state index is -1.08. The second kappa shape index (κ2) is 2.59. The van der Waals surface area contributed by atoms with Crippen LogP contribution in [0, 0.1) is 0 Å². The van der Waals surface area contributed by atoms with E-state index in [1.165, 1.54) is 0 Å². The second-order valence-electron chi connectivity index (χ2n) is 1.89. The highest BCUT2D eigenvalue weighted by Gasteiger charge is 2.33. The van der Waals surface area contributed by atoms with E-state index in [-0.39, 0.29) is 6.61 Å². The fourth-order valence-electron chi connectivity index (χ4n) is 0.645. The monoisotopic (exact) mass is 135 g/mol. The first-order chi connectivity index (χ1) is 4.25. The third-order valence-corrected chi connectivity index (χ3v) is 1.22. The zero-order valence-electron chi connectivity index (χ0n) is 4.69. The number of hydrogen-bond acceptors (Lipinski definition) is 5. The minimum absolute atomic E-state index is 0.300. The van der Waals surface area contributed by atoms with Gasteiger partial charge in [-0.25, -0.2) is 0 Å². The molecule has 0 unspecified atom stereocenters. The molecule has 0 bridgehead atoms. The van der Waals surface area contributed by atoms with Gasteiger partial charge < -0.3 is 15.3 Å². The molecule has 54 valence electrons. The molecular formula is C4H9NO4. The van der Waals surface area contributed by atoms with Gasteiger partial charge in [0, 0.05) is 0 Å². The smallest absolute Gasteiger partial charge is 0.155 e. The lowest BCUT2D eigenvalue weighted by Crippen LogP contribution is -2.33. The summed E-state index contributed by atoms with van der Waals surface area (Å²) in [6.07, 6.45) is -2.82. The van der Waals surface area contributed by atoms with Crippen LogP contribution in [-0.2, 0) is 4.84 Å². The Morgan fingerprint density at radius 3 is 2.33 bits per heavy atom. The van der Waals surface area contributed by atoms with Crippen LogP contribution >= 0.6 is 0 Å². The van der Waals surface area contributed by atoms with Crippen molar-refractivity contribution in [3.05, 3.63) is 0 Å². The largest absolute Gasteiger partial charge is 0.393 e. The van der Waals surface area contributed by atoms with Crippen LogP contribution in [0.2, 0.25) is 0 Å². The Morgan fingerprint density at radius 1 is 1.44 bits per heavy atom. The number of hydroxylamine groups is 1. The van der Waals surface area contributed by atoms with E-state index in [1.54, 1.807) is 0 Å². The van der Waals surface area contributed by atoms with Crippen LogP contribution in [-0.4, -0.2) is 40.4 Å². The number of aliphatic hydroxyl groups is 3. The van der Waals surface area contributed by atoms with Gasteiger partial charge in [0.2, 0.25) is 0 Å². The van der Waals surface area contributed by atoms with Gasteiger partial charge in [-0.3, -0.25) is 4.84 Å². The van der Waals surface area contributed by atoms with Crippen LogP contribution < -0.4 is 5.48 Å². The number of aliphatic hydroxyl groups excluding tert-OH is 3. The van der Waals surface area contributed by atoms with E-state index in [0.29, 0.717) is 0 Å². The van der Waals surface area contributed by atoms with Gasteiger partial charge in [-0.1, -0.05) is 0 Å².